The van der Waals surface area contributed by atoms with E-state index in [0.717, 1.165) is 11.3 Å². The fraction of sp³-hybridized carbons (Fsp3) is 0.278. The monoisotopic (exact) mass is 327 g/mol. The molecule has 1 amide bonds. The number of carbonyl (C=O) groups excluding carboxylic acids is 1. The Balaban J connectivity index is 2.24. The van der Waals surface area contributed by atoms with Crippen LogP contribution in [0.4, 0.5) is 0 Å². The highest BCUT2D eigenvalue weighted by molar-refractivity contribution is 5.97. The minimum absolute atomic E-state index is 0.301. The van der Waals surface area contributed by atoms with Crippen LogP contribution in [0.2, 0.25) is 0 Å². The number of nitrogens with zero attached hydrogens (tertiary/aromatic N) is 2. The van der Waals surface area contributed by atoms with Crippen LogP contribution >= 0.6 is 0 Å². The summed E-state index contributed by atoms with van der Waals surface area (Å²) >= 11 is 0. The number of aliphatic carboxylic acids is 1. The lowest BCUT2D eigenvalue weighted by Crippen LogP contribution is -2.40. The summed E-state index contributed by atoms with van der Waals surface area (Å²) in [5.74, 6) is -1.50. The van der Waals surface area contributed by atoms with Crippen molar-refractivity contribution < 1.29 is 14.7 Å². The van der Waals surface area contributed by atoms with Gasteiger partial charge in [0.25, 0.3) is 5.91 Å². The molecule has 1 unspecified atom stereocenters. The summed E-state index contributed by atoms with van der Waals surface area (Å²) in [4.78, 5) is 23.7. The fourth-order valence-corrected chi connectivity index (χ4v) is 2.45. The van der Waals surface area contributed by atoms with E-state index in [-0.39, 0.29) is 0 Å². The van der Waals surface area contributed by atoms with Gasteiger partial charge >= 0.3 is 5.97 Å². The average molecular weight is 327 g/mol. The van der Waals surface area contributed by atoms with Gasteiger partial charge in [-0.1, -0.05) is 24.3 Å². The van der Waals surface area contributed by atoms with Crippen LogP contribution in [-0.4, -0.2) is 32.8 Å². The molecule has 1 heterocycles. The van der Waals surface area contributed by atoms with E-state index in [1.54, 1.807) is 17.7 Å². The number of amides is 1. The molecule has 0 saturated carbocycles. The highest BCUT2D eigenvalue weighted by Gasteiger charge is 2.22. The van der Waals surface area contributed by atoms with Gasteiger partial charge in [-0.05, 0) is 38.3 Å². The maximum absolute atomic E-state index is 12.4. The Morgan fingerprint density at radius 2 is 2.08 bits per heavy atom. The zero-order chi connectivity index (χ0) is 17.7. The Kier molecular flexibility index (Phi) is 5.52. The summed E-state index contributed by atoms with van der Waals surface area (Å²) < 4.78 is 1.68. The first-order valence-electron chi connectivity index (χ1n) is 7.71. The van der Waals surface area contributed by atoms with Gasteiger partial charge in [0.15, 0.2) is 0 Å². The van der Waals surface area contributed by atoms with Crippen molar-refractivity contribution in [1.29, 1.82) is 0 Å². The number of carboxylic acids is 1. The van der Waals surface area contributed by atoms with E-state index in [1.807, 2.05) is 31.2 Å². The molecule has 24 heavy (non-hydrogen) atoms. The molecule has 2 N–H and O–H groups in total. The lowest BCUT2D eigenvalue weighted by molar-refractivity contribution is -0.139. The van der Waals surface area contributed by atoms with Gasteiger partial charge in [0.05, 0.1) is 23.1 Å². The molecule has 0 bridgehead atoms. The number of hydrogen-bond acceptors (Lipinski definition) is 3. The van der Waals surface area contributed by atoms with Crippen molar-refractivity contribution in [1.82, 2.24) is 15.1 Å². The molecule has 6 nitrogen and oxygen atoms in total. The molecule has 0 aliphatic rings. The van der Waals surface area contributed by atoms with Crippen molar-refractivity contribution >= 4 is 11.9 Å². The van der Waals surface area contributed by atoms with Crippen LogP contribution in [-0.2, 0) is 4.79 Å². The third kappa shape index (κ3) is 3.71. The van der Waals surface area contributed by atoms with Gasteiger partial charge in [0, 0.05) is 0 Å². The summed E-state index contributed by atoms with van der Waals surface area (Å²) in [6.45, 7) is 7.32. The van der Waals surface area contributed by atoms with E-state index >= 15 is 0 Å². The minimum Gasteiger partial charge on any atom is -0.480 e. The van der Waals surface area contributed by atoms with Crippen LogP contribution in [0.15, 0.2) is 43.1 Å². The van der Waals surface area contributed by atoms with Crippen molar-refractivity contribution in [3.63, 3.8) is 0 Å². The molecular formula is C18H21N3O3. The molecule has 1 atom stereocenters. The van der Waals surface area contributed by atoms with Crippen LogP contribution in [0, 0.1) is 13.8 Å². The van der Waals surface area contributed by atoms with Crippen molar-refractivity contribution in [2.75, 3.05) is 0 Å². The van der Waals surface area contributed by atoms with Crippen molar-refractivity contribution in [2.24, 2.45) is 0 Å². The summed E-state index contributed by atoms with van der Waals surface area (Å²) in [5.41, 5.74) is 2.94. The summed E-state index contributed by atoms with van der Waals surface area (Å²) in [7, 11) is 0. The molecule has 1 aromatic carbocycles. The van der Waals surface area contributed by atoms with Gasteiger partial charge in [-0.15, -0.1) is 6.58 Å². The lowest BCUT2D eigenvalue weighted by atomic mass is 10.1. The van der Waals surface area contributed by atoms with Gasteiger partial charge in [-0.3, -0.25) is 4.79 Å². The van der Waals surface area contributed by atoms with Gasteiger partial charge in [0.1, 0.15) is 6.04 Å². The van der Waals surface area contributed by atoms with E-state index in [4.69, 9.17) is 0 Å². The molecule has 0 fully saturated rings. The van der Waals surface area contributed by atoms with E-state index in [0.29, 0.717) is 24.1 Å². The standard InChI is InChI=1S/C18H21N3O3/c1-4-5-9-15(18(23)24)20-17(22)14-11-19-21(13(14)3)16-10-7-6-8-12(16)2/h4,6-8,10-11,15H,1,5,9H2,2-3H3,(H,20,22)(H,23,24). The maximum Gasteiger partial charge on any atom is 0.326 e. The highest BCUT2D eigenvalue weighted by atomic mass is 16.4. The highest BCUT2D eigenvalue weighted by Crippen LogP contribution is 2.17. The average Bonchev–Trinajstić information content (AvgIpc) is 2.93. The number of carboxylic acid groups (broad SMARTS) is 1. The van der Waals surface area contributed by atoms with Gasteiger partial charge in [0.2, 0.25) is 0 Å². The quantitative estimate of drug-likeness (QED) is 0.766. The minimum atomic E-state index is -1.06. The first-order valence-corrected chi connectivity index (χ1v) is 7.71. The third-order valence-corrected chi connectivity index (χ3v) is 3.86. The van der Waals surface area contributed by atoms with Crippen LogP contribution in [0.3, 0.4) is 0 Å². The largest absolute Gasteiger partial charge is 0.480 e. The molecule has 0 aliphatic heterocycles. The second-order valence-corrected chi connectivity index (χ2v) is 5.57. The predicted molar refractivity (Wildman–Crippen MR) is 91.4 cm³/mol. The molecule has 1 aromatic heterocycles. The third-order valence-electron chi connectivity index (χ3n) is 3.86. The van der Waals surface area contributed by atoms with E-state index < -0.39 is 17.9 Å². The van der Waals surface area contributed by atoms with Crippen molar-refractivity contribution in [3.05, 3.63) is 59.9 Å². The number of benzene rings is 1. The molecule has 0 spiro atoms. The maximum atomic E-state index is 12.4. The Bertz CT molecular complexity index is 765. The van der Waals surface area contributed by atoms with Gasteiger partial charge in [-0.2, -0.15) is 5.10 Å². The second kappa shape index (κ2) is 7.59. The first-order chi connectivity index (χ1) is 11.5. The molecule has 6 heteroatoms. The predicted octanol–water partition coefficient (Wildman–Crippen LogP) is 2.64. The van der Waals surface area contributed by atoms with E-state index in [9.17, 15) is 14.7 Å². The lowest BCUT2D eigenvalue weighted by Gasteiger charge is -2.13. The Hall–Kier alpha value is -2.89. The number of carbonyl (C=O) groups is 2. The number of para-hydroxylation sites is 1. The van der Waals surface area contributed by atoms with Crippen LogP contribution < -0.4 is 5.32 Å². The Morgan fingerprint density at radius 1 is 1.38 bits per heavy atom. The topological polar surface area (TPSA) is 84.2 Å². The molecular weight excluding hydrogens is 306 g/mol. The van der Waals surface area contributed by atoms with E-state index in [2.05, 4.69) is 17.0 Å². The second-order valence-electron chi connectivity index (χ2n) is 5.57. The van der Waals surface area contributed by atoms with Crippen molar-refractivity contribution in [2.45, 2.75) is 32.7 Å². The molecule has 0 radical (unpaired) electrons. The van der Waals surface area contributed by atoms with Gasteiger partial charge < -0.3 is 10.4 Å². The van der Waals surface area contributed by atoms with Gasteiger partial charge in [-0.25, -0.2) is 9.48 Å². The molecule has 2 aromatic rings. The number of aryl methyl sites for hydroxylation is 1. The SMILES string of the molecule is C=CCCC(NC(=O)c1cnn(-c2ccccc2C)c1C)C(=O)O. The molecule has 0 aliphatic carbocycles. The smallest absolute Gasteiger partial charge is 0.326 e. The Morgan fingerprint density at radius 3 is 2.71 bits per heavy atom. The Labute approximate surface area is 140 Å². The van der Waals surface area contributed by atoms with Crippen LogP contribution in [0.5, 0.6) is 0 Å². The molecule has 2 rings (SSSR count). The van der Waals surface area contributed by atoms with Crippen LogP contribution in [0.1, 0.15) is 34.5 Å². The number of allylic oxidation sites excluding steroid dienone is 1. The fourth-order valence-electron chi connectivity index (χ4n) is 2.45. The summed E-state index contributed by atoms with van der Waals surface area (Å²) in [6, 6.07) is 6.77. The normalized spacial score (nSPS) is 11.8. The number of rotatable bonds is 7. The number of hydrogen-bond donors (Lipinski definition) is 2. The zero-order valence-corrected chi connectivity index (χ0v) is 13.8. The first kappa shape index (κ1) is 17.5. The number of nitrogens with one attached hydrogen (secondary N) is 1. The number of aromatic nitrogens is 2. The molecule has 0 saturated heterocycles. The molecule has 126 valence electrons. The summed E-state index contributed by atoms with van der Waals surface area (Å²) in [5, 5.41) is 16.0. The van der Waals surface area contributed by atoms with Crippen molar-refractivity contribution in [3.8, 4) is 5.69 Å². The van der Waals surface area contributed by atoms with Crippen LogP contribution in [0.25, 0.3) is 5.69 Å². The summed E-state index contributed by atoms with van der Waals surface area (Å²) in [6.07, 6.45) is 3.90. The zero-order valence-electron chi connectivity index (χ0n) is 13.8. The van der Waals surface area contributed by atoms with E-state index in [1.165, 1.54) is 6.20 Å².